The molecule has 0 spiro atoms. The van der Waals surface area contributed by atoms with Crippen molar-refractivity contribution < 1.29 is 24.2 Å². The Hall–Kier alpha value is -1.50. The Kier molecular flexibility index (Phi) is 10.1. The van der Waals surface area contributed by atoms with E-state index in [-0.39, 0.29) is 24.5 Å². The van der Waals surface area contributed by atoms with Crippen LogP contribution in [0.2, 0.25) is 0 Å². The third kappa shape index (κ3) is 9.63. The highest BCUT2D eigenvalue weighted by atomic mass is 16.6. The predicted molar refractivity (Wildman–Crippen MR) is 135 cm³/mol. The van der Waals surface area contributed by atoms with E-state index in [9.17, 15) is 14.7 Å². The summed E-state index contributed by atoms with van der Waals surface area (Å²) in [6.45, 7) is 14.5. The van der Waals surface area contributed by atoms with E-state index in [0.717, 1.165) is 25.7 Å². The Morgan fingerprint density at radius 3 is 1.71 bits per heavy atom. The summed E-state index contributed by atoms with van der Waals surface area (Å²) in [5.41, 5.74) is -2.35. The average Bonchev–Trinajstić information content (AvgIpc) is 2.83. The van der Waals surface area contributed by atoms with Crippen LogP contribution in [0.3, 0.4) is 0 Å². The lowest BCUT2D eigenvalue weighted by Gasteiger charge is -2.42. The number of hydrogen-bond acceptors (Lipinski definition) is 5. The van der Waals surface area contributed by atoms with Crippen LogP contribution < -0.4 is 0 Å². The molecular weight excluding hydrogens is 432 g/mol. The molecule has 2 rings (SSSR count). The van der Waals surface area contributed by atoms with Crippen molar-refractivity contribution >= 4 is 12.2 Å². The van der Waals surface area contributed by atoms with E-state index in [1.165, 1.54) is 25.7 Å². The lowest BCUT2D eigenvalue weighted by atomic mass is 9.74. The van der Waals surface area contributed by atoms with E-state index >= 15 is 0 Å². The Bertz CT molecular complexity index is 655. The minimum atomic E-state index is -1.15. The number of hydrogen-bond donors (Lipinski definition) is 1. The third-order valence-corrected chi connectivity index (χ3v) is 6.86. The number of amides is 2. The molecule has 0 aromatic carbocycles. The molecule has 1 aliphatic carbocycles. The van der Waals surface area contributed by atoms with E-state index in [1.807, 2.05) is 48.5 Å². The molecule has 34 heavy (non-hydrogen) atoms. The summed E-state index contributed by atoms with van der Waals surface area (Å²) >= 11 is 0. The van der Waals surface area contributed by atoms with Crippen LogP contribution >= 0.6 is 0 Å². The lowest BCUT2D eigenvalue weighted by Crippen LogP contribution is -2.53. The van der Waals surface area contributed by atoms with Crippen molar-refractivity contribution in [3.8, 4) is 0 Å². The van der Waals surface area contributed by atoms with Gasteiger partial charge in [-0.25, -0.2) is 9.59 Å². The number of ether oxygens (including phenoxy) is 2. The van der Waals surface area contributed by atoms with Crippen molar-refractivity contribution in [1.82, 2.24) is 9.80 Å². The first-order valence-corrected chi connectivity index (χ1v) is 13.4. The monoisotopic (exact) mass is 482 g/mol. The first-order valence-electron chi connectivity index (χ1n) is 13.4. The normalized spacial score (nSPS) is 26.9. The molecule has 7 nitrogen and oxygen atoms in total. The van der Waals surface area contributed by atoms with E-state index in [2.05, 4.69) is 0 Å². The number of nitrogens with zero attached hydrogens (tertiary/aromatic N) is 2. The summed E-state index contributed by atoms with van der Waals surface area (Å²) < 4.78 is 11.4. The maximum absolute atomic E-state index is 13.1. The van der Waals surface area contributed by atoms with E-state index in [4.69, 9.17) is 9.47 Å². The predicted octanol–water partition coefficient (Wildman–Crippen LogP) is 5.98. The van der Waals surface area contributed by atoms with Crippen LogP contribution in [0, 0.1) is 11.8 Å². The SMILES string of the molecule is CC(C)(C)OC(=O)N1CCCN(C(=O)OC(C)(C)C)CC(C)(O)C(C2CCCCCCCC2)C1. The first-order chi connectivity index (χ1) is 15.7. The van der Waals surface area contributed by atoms with Gasteiger partial charge in [0, 0.05) is 25.6 Å². The fraction of sp³-hybridized carbons (Fsp3) is 0.926. The number of β-amino-alcohol motifs (C(OH)–C–C–N with tert-alkyl or cyclic N) is 1. The highest BCUT2D eigenvalue weighted by Gasteiger charge is 2.43. The van der Waals surface area contributed by atoms with E-state index < -0.39 is 22.9 Å². The summed E-state index contributed by atoms with van der Waals surface area (Å²) in [7, 11) is 0. The molecule has 1 heterocycles. The van der Waals surface area contributed by atoms with Crippen LogP contribution in [-0.4, -0.2) is 70.1 Å². The number of carbonyl (C=O) groups is 2. The number of carbonyl (C=O) groups excluding carboxylic acids is 2. The molecule has 2 unspecified atom stereocenters. The number of rotatable bonds is 1. The van der Waals surface area contributed by atoms with Gasteiger partial charge in [0.05, 0.1) is 12.1 Å². The van der Waals surface area contributed by atoms with Gasteiger partial charge in [-0.3, -0.25) is 0 Å². The van der Waals surface area contributed by atoms with Gasteiger partial charge in [-0.2, -0.15) is 0 Å². The largest absolute Gasteiger partial charge is 0.444 e. The summed E-state index contributed by atoms with van der Waals surface area (Å²) in [5, 5.41) is 11.9. The first kappa shape index (κ1) is 28.7. The maximum Gasteiger partial charge on any atom is 0.410 e. The molecule has 0 radical (unpaired) electrons. The fourth-order valence-electron chi connectivity index (χ4n) is 5.26. The van der Waals surface area contributed by atoms with Gasteiger partial charge in [-0.15, -0.1) is 0 Å². The molecule has 0 bridgehead atoms. The molecule has 2 amide bonds. The van der Waals surface area contributed by atoms with Gasteiger partial charge in [0.2, 0.25) is 0 Å². The highest BCUT2D eigenvalue weighted by Crippen LogP contribution is 2.36. The second-order valence-corrected chi connectivity index (χ2v) is 12.6. The molecule has 198 valence electrons. The van der Waals surface area contributed by atoms with E-state index in [0.29, 0.717) is 26.1 Å². The van der Waals surface area contributed by atoms with Crippen molar-refractivity contribution in [1.29, 1.82) is 0 Å². The molecule has 1 saturated heterocycles. The Morgan fingerprint density at radius 2 is 1.21 bits per heavy atom. The van der Waals surface area contributed by atoms with Gasteiger partial charge in [0.25, 0.3) is 0 Å². The van der Waals surface area contributed by atoms with Crippen molar-refractivity contribution in [3.05, 3.63) is 0 Å². The van der Waals surface area contributed by atoms with Crippen LogP contribution in [0.25, 0.3) is 0 Å². The minimum Gasteiger partial charge on any atom is -0.444 e. The molecule has 7 heteroatoms. The maximum atomic E-state index is 13.1. The van der Waals surface area contributed by atoms with Crippen molar-refractivity contribution in [2.75, 3.05) is 26.2 Å². The molecular formula is C27H50N2O5. The minimum absolute atomic E-state index is 0.152. The topological polar surface area (TPSA) is 79.3 Å². The van der Waals surface area contributed by atoms with Crippen LogP contribution in [-0.2, 0) is 9.47 Å². The number of aliphatic hydroxyl groups is 1. The Morgan fingerprint density at radius 1 is 0.765 bits per heavy atom. The fourth-order valence-corrected chi connectivity index (χ4v) is 5.26. The van der Waals surface area contributed by atoms with Crippen molar-refractivity contribution in [2.24, 2.45) is 11.8 Å². The van der Waals surface area contributed by atoms with Crippen LogP contribution in [0.4, 0.5) is 9.59 Å². The van der Waals surface area contributed by atoms with E-state index in [1.54, 1.807) is 9.80 Å². The molecule has 1 aliphatic heterocycles. The summed E-state index contributed by atoms with van der Waals surface area (Å²) in [6, 6.07) is 0. The zero-order valence-electron chi connectivity index (χ0n) is 22.8. The summed E-state index contributed by atoms with van der Waals surface area (Å²) in [4.78, 5) is 29.5. The zero-order valence-corrected chi connectivity index (χ0v) is 22.8. The van der Waals surface area contributed by atoms with Crippen molar-refractivity contribution in [2.45, 2.75) is 123 Å². The van der Waals surface area contributed by atoms with Gasteiger partial charge < -0.3 is 24.4 Å². The summed E-state index contributed by atoms with van der Waals surface area (Å²) in [5.74, 6) is 0.137. The zero-order chi connectivity index (χ0) is 25.6. The third-order valence-electron chi connectivity index (χ3n) is 6.86. The van der Waals surface area contributed by atoms with Gasteiger partial charge >= 0.3 is 12.2 Å². The van der Waals surface area contributed by atoms with Crippen LogP contribution in [0.5, 0.6) is 0 Å². The second kappa shape index (κ2) is 12.0. The lowest BCUT2D eigenvalue weighted by molar-refractivity contribution is -0.0652. The Balaban J connectivity index is 2.35. The van der Waals surface area contributed by atoms with Crippen molar-refractivity contribution in [3.63, 3.8) is 0 Å². The molecule has 2 fully saturated rings. The van der Waals surface area contributed by atoms with Gasteiger partial charge in [0.1, 0.15) is 11.2 Å². The quantitative estimate of drug-likeness (QED) is 0.497. The van der Waals surface area contributed by atoms with Crippen LogP contribution in [0.1, 0.15) is 106 Å². The standard InChI is InChI=1S/C27H50N2O5/c1-25(2,3)33-23(30)28-17-14-18-29(24(31)34-26(4,5)6)20-27(7,32)22(19-28)21-15-12-10-8-9-11-13-16-21/h21-22,32H,8-20H2,1-7H3. The molecule has 1 N–H and O–H groups in total. The van der Waals surface area contributed by atoms with Gasteiger partial charge in [-0.1, -0.05) is 51.4 Å². The van der Waals surface area contributed by atoms with Gasteiger partial charge in [0.15, 0.2) is 0 Å². The smallest absolute Gasteiger partial charge is 0.410 e. The molecule has 2 atom stereocenters. The summed E-state index contributed by atoms with van der Waals surface area (Å²) in [6.07, 6.45) is 9.16. The van der Waals surface area contributed by atoms with Gasteiger partial charge in [-0.05, 0) is 60.8 Å². The second-order valence-electron chi connectivity index (χ2n) is 12.6. The molecule has 0 aromatic rings. The van der Waals surface area contributed by atoms with Crippen LogP contribution in [0.15, 0.2) is 0 Å². The Labute approximate surface area is 207 Å². The molecule has 1 saturated carbocycles. The average molecular weight is 483 g/mol. The highest BCUT2D eigenvalue weighted by molar-refractivity contribution is 5.69. The molecule has 2 aliphatic rings. The molecule has 0 aromatic heterocycles.